The molecule has 1 aliphatic rings. The first-order chi connectivity index (χ1) is 12.1. The van der Waals surface area contributed by atoms with E-state index in [1.165, 1.54) is 12.1 Å². The van der Waals surface area contributed by atoms with E-state index < -0.39 is 5.82 Å². The molecule has 0 N–H and O–H groups in total. The van der Waals surface area contributed by atoms with Gasteiger partial charge in [-0.3, -0.25) is 4.79 Å². The first-order valence-electron chi connectivity index (χ1n) is 8.10. The summed E-state index contributed by atoms with van der Waals surface area (Å²) in [5.41, 5.74) is 1.08. The summed E-state index contributed by atoms with van der Waals surface area (Å²) in [4.78, 5) is 14.4. The van der Waals surface area contributed by atoms with Crippen LogP contribution in [0.3, 0.4) is 0 Å². The summed E-state index contributed by atoms with van der Waals surface area (Å²) in [6.07, 6.45) is 1.86. The summed E-state index contributed by atoms with van der Waals surface area (Å²) in [5.74, 6) is 0.534. The number of halogens is 2. The molecular formula is C19H19ClFNO3. The Morgan fingerprint density at radius 2 is 2.04 bits per heavy atom. The van der Waals surface area contributed by atoms with Crippen LogP contribution >= 0.6 is 11.6 Å². The highest BCUT2D eigenvalue weighted by molar-refractivity contribution is 6.32. The third-order valence-corrected chi connectivity index (χ3v) is 4.61. The van der Waals surface area contributed by atoms with Gasteiger partial charge in [-0.05, 0) is 48.7 Å². The fourth-order valence-corrected chi connectivity index (χ4v) is 3.27. The lowest BCUT2D eigenvalue weighted by molar-refractivity contribution is -0.134. The quantitative estimate of drug-likeness (QED) is 0.798. The molecule has 1 heterocycles. The van der Waals surface area contributed by atoms with Crippen LogP contribution in [0.15, 0.2) is 42.5 Å². The molecule has 0 bridgehead atoms. The monoisotopic (exact) mass is 363 g/mol. The summed E-state index contributed by atoms with van der Waals surface area (Å²) < 4.78 is 23.7. The average Bonchev–Trinajstić information content (AvgIpc) is 3.10. The second-order valence-corrected chi connectivity index (χ2v) is 6.29. The zero-order valence-electron chi connectivity index (χ0n) is 13.9. The summed E-state index contributed by atoms with van der Waals surface area (Å²) in [6, 6.07) is 11.6. The molecule has 1 saturated heterocycles. The predicted octanol–water partition coefficient (Wildman–Crippen LogP) is 4.23. The molecule has 1 aliphatic heterocycles. The number of hydrogen-bond acceptors (Lipinski definition) is 3. The molecule has 0 saturated carbocycles. The Labute approximate surface area is 151 Å². The number of likely N-dealkylation sites (tertiary alicyclic amines) is 1. The first kappa shape index (κ1) is 17.5. The fourth-order valence-electron chi connectivity index (χ4n) is 3.05. The topological polar surface area (TPSA) is 38.8 Å². The van der Waals surface area contributed by atoms with Crippen LogP contribution in [0.1, 0.15) is 24.4 Å². The molecule has 1 atom stereocenters. The molecule has 6 heteroatoms. The zero-order valence-corrected chi connectivity index (χ0v) is 14.6. The van der Waals surface area contributed by atoms with Crippen LogP contribution in [0.2, 0.25) is 5.02 Å². The van der Waals surface area contributed by atoms with Crippen LogP contribution < -0.4 is 9.47 Å². The van der Waals surface area contributed by atoms with Gasteiger partial charge in [-0.15, -0.1) is 0 Å². The summed E-state index contributed by atoms with van der Waals surface area (Å²) >= 11 is 5.92. The average molecular weight is 364 g/mol. The number of carbonyl (C=O) groups excluding carboxylic acids is 1. The van der Waals surface area contributed by atoms with E-state index >= 15 is 0 Å². The van der Waals surface area contributed by atoms with Gasteiger partial charge in [0.25, 0.3) is 5.91 Å². The number of nitrogens with zero attached hydrogens (tertiary/aromatic N) is 1. The van der Waals surface area contributed by atoms with Crippen molar-refractivity contribution in [3.05, 3.63) is 58.9 Å². The number of ether oxygens (including phenoxy) is 2. The van der Waals surface area contributed by atoms with Crippen molar-refractivity contribution in [3.8, 4) is 11.5 Å². The minimum atomic E-state index is -0.442. The van der Waals surface area contributed by atoms with E-state index in [0.717, 1.165) is 30.2 Å². The SMILES string of the molecule is COc1ccc(C2CCCN2C(=O)COc2ccc(F)cc2Cl)cc1. The second kappa shape index (κ2) is 7.74. The van der Waals surface area contributed by atoms with Crippen molar-refractivity contribution in [3.63, 3.8) is 0 Å². The smallest absolute Gasteiger partial charge is 0.261 e. The van der Waals surface area contributed by atoms with Gasteiger partial charge < -0.3 is 14.4 Å². The molecule has 4 nitrogen and oxygen atoms in total. The summed E-state index contributed by atoms with van der Waals surface area (Å²) in [7, 11) is 1.62. The molecule has 0 spiro atoms. The highest BCUT2D eigenvalue weighted by atomic mass is 35.5. The third kappa shape index (κ3) is 4.04. The Bertz CT molecular complexity index is 751. The van der Waals surface area contributed by atoms with E-state index in [0.29, 0.717) is 12.3 Å². The van der Waals surface area contributed by atoms with Crippen molar-refractivity contribution < 1.29 is 18.7 Å². The number of amides is 1. The van der Waals surface area contributed by atoms with Crippen LogP contribution in [0.25, 0.3) is 0 Å². The van der Waals surface area contributed by atoms with Gasteiger partial charge in [-0.2, -0.15) is 0 Å². The second-order valence-electron chi connectivity index (χ2n) is 5.88. The van der Waals surface area contributed by atoms with E-state index in [1.54, 1.807) is 7.11 Å². The maximum Gasteiger partial charge on any atom is 0.261 e. The molecule has 0 aliphatic carbocycles. The number of methoxy groups -OCH3 is 1. The van der Waals surface area contributed by atoms with Crippen LogP contribution in [0.5, 0.6) is 11.5 Å². The van der Waals surface area contributed by atoms with Gasteiger partial charge in [-0.1, -0.05) is 23.7 Å². The van der Waals surface area contributed by atoms with Gasteiger partial charge >= 0.3 is 0 Å². The van der Waals surface area contributed by atoms with Crippen LogP contribution in [-0.2, 0) is 4.79 Å². The molecule has 1 amide bonds. The minimum Gasteiger partial charge on any atom is -0.497 e. The van der Waals surface area contributed by atoms with Crippen molar-refractivity contribution in [2.45, 2.75) is 18.9 Å². The van der Waals surface area contributed by atoms with Gasteiger partial charge in [0, 0.05) is 6.54 Å². The van der Waals surface area contributed by atoms with Crippen molar-refractivity contribution in [2.24, 2.45) is 0 Å². The molecule has 1 fully saturated rings. The van der Waals surface area contributed by atoms with Crippen LogP contribution in [0, 0.1) is 5.82 Å². The Kier molecular flexibility index (Phi) is 5.43. The van der Waals surface area contributed by atoms with Crippen LogP contribution in [-0.4, -0.2) is 31.1 Å². The predicted molar refractivity (Wildman–Crippen MR) is 93.6 cm³/mol. The standard InChI is InChI=1S/C19H19ClFNO3/c1-24-15-7-4-13(5-8-15)17-3-2-10-22(17)19(23)12-25-18-9-6-14(21)11-16(18)20/h4-9,11,17H,2-3,10,12H2,1H3. The molecule has 2 aromatic rings. The maximum atomic E-state index is 13.1. The highest BCUT2D eigenvalue weighted by Crippen LogP contribution is 2.33. The molecule has 0 aromatic heterocycles. The highest BCUT2D eigenvalue weighted by Gasteiger charge is 2.30. The largest absolute Gasteiger partial charge is 0.497 e. The summed E-state index contributed by atoms with van der Waals surface area (Å²) in [5, 5.41) is 0.154. The molecule has 1 unspecified atom stereocenters. The Morgan fingerprint density at radius 1 is 1.28 bits per heavy atom. The number of rotatable bonds is 5. The fraction of sp³-hybridized carbons (Fsp3) is 0.316. The molecule has 25 heavy (non-hydrogen) atoms. The van der Waals surface area contributed by atoms with E-state index in [1.807, 2.05) is 29.2 Å². The minimum absolute atomic E-state index is 0.0331. The Balaban J connectivity index is 1.65. The molecule has 3 rings (SSSR count). The van der Waals surface area contributed by atoms with Crippen molar-refractivity contribution in [1.82, 2.24) is 4.90 Å². The Hall–Kier alpha value is -2.27. The van der Waals surface area contributed by atoms with E-state index in [4.69, 9.17) is 21.1 Å². The van der Waals surface area contributed by atoms with E-state index in [-0.39, 0.29) is 23.6 Å². The van der Waals surface area contributed by atoms with E-state index in [2.05, 4.69) is 0 Å². The lowest BCUT2D eigenvalue weighted by Gasteiger charge is -2.25. The van der Waals surface area contributed by atoms with Gasteiger partial charge in [-0.25, -0.2) is 4.39 Å². The zero-order chi connectivity index (χ0) is 17.8. The molecular weight excluding hydrogens is 345 g/mol. The number of benzene rings is 2. The normalized spacial score (nSPS) is 16.8. The lowest BCUT2D eigenvalue weighted by atomic mass is 10.0. The molecule has 0 radical (unpaired) electrons. The van der Waals surface area contributed by atoms with Crippen molar-refractivity contribution in [2.75, 3.05) is 20.3 Å². The first-order valence-corrected chi connectivity index (χ1v) is 8.47. The lowest BCUT2D eigenvalue weighted by Crippen LogP contribution is -2.34. The van der Waals surface area contributed by atoms with Gasteiger partial charge in [0.1, 0.15) is 17.3 Å². The van der Waals surface area contributed by atoms with E-state index in [9.17, 15) is 9.18 Å². The van der Waals surface area contributed by atoms with Crippen molar-refractivity contribution in [1.29, 1.82) is 0 Å². The number of hydrogen-bond donors (Lipinski definition) is 0. The third-order valence-electron chi connectivity index (χ3n) is 4.32. The van der Waals surface area contributed by atoms with Gasteiger partial charge in [0.2, 0.25) is 0 Å². The molecule has 132 valence electrons. The Morgan fingerprint density at radius 3 is 2.72 bits per heavy atom. The maximum absolute atomic E-state index is 13.1. The van der Waals surface area contributed by atoms with Gasteiger partial charge in [0.15, 0.2) is 6.61 Å². The summed E-state index contributed by atoms with van der Waals surface area (Å²) in [6.45, 7) is 0.564. The van der Waals surface area contributed by atoms with Crippen molar-refractivity contribution >= 4 is 17.5 Å². The van der Waals surface area contributed by atoms with Gasteiger partial charge in [0.05, 0.1) is 18.2 Å². The molecule has 2 aromatic carbocycles. The van der Waals surface area contributed by atoms with Crippen LogP contribution in [0.4, 0.5) is 4.39 Å². The number of carbonyl (C=O) groups is 1.